The topological polar surface area (TPSA) is 81.4 Å². The quantitative estimate of drug-likeness (QED) is 0.596. The third-order valence-electron chi connectivity index (χ3n) is 3.64. The van der Waals surface area contributed by atoms with Gasteiger partial charge >= 0.3 is 5.84 Å². The van der Waals surface area contributed by atoms with Crippen molar-refractivity contribution in [2.45, 2.75) is 19.8 Å². The maximum Gasteiger partial charge on any atom is 0.435 e. The number of aryl methyl sites for hydroxylation is 1. The Morgan fingerprint density at radius 2 is 1.86 bits per heavy atom. The summed E-state index contributed by atoms with van der Waals surface area (Å²) in [6.45, 7) is 3.43. The molecule has 2 heterocycles. The summed E-state index contributed by atoms with van der Waals surface area (Å²) in [7, 11) is 0. The highest BCUT2D eigenvalue weighted by molar-refractivity contribution is 6.68. The van der Waals surface area contributed by atoms with Gasteiger partial charge in [-0.3, -0.25) is 4.79 Å². The molecule has 1 fully saturated rings. The number of hydrogen-bond donors (Lipinski definition) is 0. The monoisotopic (exact) mass is 281 g/mol. The highest BCUT2D eigenvalue weighted by Gasteiger charge is 2.37. The van der Waals surface area contributed by atoms with Gasteiger partial charge in [-0.25, -0.2) is 0 Å². The maximum absolute atomic E-state index is 12.4. The van der Waals surface area contributed by atoms with Gasteiger partial charge in [0.15, 0.2) is 0 Å². The van der Waals surface area contributed by atoms with Crippen LogP contribution in [-0.2, 0) is 4.79 Å². The molecule has 2 aliphatic rings. The fourth-order valence-electron chi connectivity index (χ4n) is 2.45. The molecule has 6 heteroatoms. The Hall–Kier alpha value is -2.59. The third kappa shape index (κ3) is 2.53. The summed E-state index contributed by atoms with van der Waals surface area (Å²) in [4.78, 5) is 25.6. The summed E-state index contributed by atoms with van der Waals surface area (Å²) >= 11 is 0. The van der Waals surface area contributed by atoms with Gasteiger partial charge in [-0.1, -0.05) is 17.7 Å². The second-order valence-electron chi connectivity index (χ2n) is 5.18. The van der Waals surface area contributed by atoms with Crippen LogP contribution in [0, 0.1) is 6.92 Å². The maximum atomic E-state index is 12.4. The molecule has 0 radical (unpaired) electrons. The molecule has 1 aromatic carbocycles. The van der Waals surface area contributed by atoms with Crippen LogP contribution in [0.2, 0.25) is 0 Å². The highest BCUT2D eigenvalue weighted by Crippen LogP contribution is 2.14. The van der Waals surface area contributed by atoms with E-state index in [4.69, 9.17) is 5.53 Å². The molecule has 106 valence electrons. The lowest BCUT2D eigenvalue weighted by Crippen LogP contribution is -2.37. The first-order valence-corrected chi connectivity index (χ1v) is 6.95. The van der Waals surface area contributed by atoms with Gasteiger partial charge in [0.2, 0.25) is 5.71 Å². The fourth-order valence-corrected chi connectivity index (χ4v) is 2.45. The lowest BCUT2D eigenvalue weighted by Gasteiger charge is -2.12. The lowest BCUT2D eigenvalue weighted by molar-refractivity contribution is -0.123. The van der Waals surface area contributed by atoms with Gasteiger partial charge in [-0.2, -0.15) is 4.99 Å². The van der Waals surface area contributed by atoms with Crippen molar-refractivity contribution in [1.82, 2.24) is 4.90 Å². The van der Waals surface area contributed by atoms with Crippen molar-refractivity contribution >= 4 is 23.3 Å². The molecule has 2 aliphatic heterocycles. The number of carbonyl (C=O) groups is 1. The number of hydrogen-bond acceptors (Lipinski definition) is 2. The fraction of sp³-hybridized carbons (Fsp3) is 0.333. The number of amidine groups is 2. The minimum Gasteiger partial charge on any atom is -0.497 e. The Kier molecular flexibility index (Phi) is 3.46. The minimum atomic E-state index is -0.217. The zero-order valence-corrected chi connectivity index (χ0v) is 11.8. The molecule has 0 aliphatic carbocycles. The molecule has 0 atom stereocenters. The van der Waals surface area contributed by atoms with Crippen molar-refractivity contribution in [2.75, 3.05) is 13.1 Å². The van der Waals surface area contributed by atoms with Crippen LogP contribution >= 0.6 is 0 Å². The normalized spacial score (nSPS) is 17.6. The molecule has 0 aromatic heterocycles. The van der Waals surface area contributed by atoms with E-state index in [1.165, 1.54) is 0 Å². The molecule has 1 saturated heterocycles. The zero-order valence-electron chi connectivity index (χ0n) is 11.8. The Balaban J connectivity index is 1.92. The number of carbonyl (C=O) groups excluding carboxylic acids is 1. The molecule has 0 N–H and O–H groups in total. The predicted molar refractivity (Wildman–Crippen MR) is 79.6 cm³/mol. The molecule has 6 nitrogen and oxygen atoms in total. The summed E-state index contributed by atoms with van der Waals surface area (Å²) in [6, 6.07) is 7.67. The largest absolute Gasteiger partial charge is 0.497 e. The van der Waals surface area contributed by atoms with Gasteiger partial charge in [0.1, 0.15) is 0 Å². The average Bonchev–Trinajstić information content (AvgIpc) is 3.17. The number of rotatable bonds is 2. The molecular formula is C15H15N5O. The first kappa shape index (κ1) is 13.4. The molecule has 1 aromatic rings. The van der Waals surface area contributed by atoms with E-state index >= 15 is 0 Å². The number of likely N-dealkylation sites (tertiary alicyclic amines) is 1. The van der Waals surface area contributed by atoms with Crippen molar-refractivity contribution < 1.29 is 9.58 Å². The van der Waals surface area contributed by atoms with Crippen LogP contribution in [0.15, 0.2) is 34.3 Å². The van der Waals surface area contributed by atoms with Crippen LogP contribution in [0.1, 0.15) is 24.0 Å². The molecule has 0 bridgehead atoms. The van der Waals surface area contributed by atoms with Crippen LogP contribution in [0.25, 0.3) is 5.53 Å². The summed E-state index contributed by atoms with van der Waals surface area (Å²) < 4.78 is 0. The first-order valence-electron chi connectivity index (χ1n) is 6.95. The van der Waals surface area contributed by atoms with Crippen LogP contribution in [0.5, 0.6) is 0 Å². The van der Waals surface area contributed by atoms with Gasteiger partial charge in [0.25, 0.3) is 11.7 Å². The SMILES string of the molecule is Cc1ccc(C2=NC(=[N+]=[N-])C(C(=O)N3CCCC3)=N2)cc1. The Bertz CT molecular complexity index is 689. The van der Waals surface area contributed by atoms with Gasteiger partial charge in [-0.05, 0) is 36.9 Å². The van der Waals surface area contributed by atoms with E-state index in [1.807, 2.05) is 31.2 Å². The summed E-state index contributed by atoms with van der Waals surface area (Å²) in [5.41, 5.74) is 11.1. The number of amides is 1. The standard InChI is InChI=1S/C15H15N5O/c1-10-4-6-11(7-5-10)13-17-12(14(18-13)19-16)15(21)20-8-2-3-9-20/h4-7H,2-3,8-9H2,1H3. The second-order valence-corrected chi connectivity index (χ2v) is 5.18. The van der Waals surface area contributed by atoms with Gasteiger partial charge in [-0.15, -0.1) is 0 Å². The van der Waals surface area contributed by atoms with E-state index in [2.05, 4.69) is 14.8 Å². The zero-order chi connectivity index (χ0) is 14.8. The van der Waals surface area contributed by atoms with Crippen molar-refractivity contribution in [3.63, 3.8) is 0 Å². The van der Waals surface area contributed by atoms with Crippen molar-refractivity contribution in [2.24, 2.45) is 9.98 Å². The van der Waals surface area contributed by atoms with Crippen LogP contribution in [0.3, 0.4) is 0 Å². The average molecular weight is 281 g/mol. The molecule has 0 spiro atoms. The molecule has 1 amide bonds. The van der Waals surface area contributed by atoms with E-state index in [9.17, 15) is 4.79 Å². The van der Waals surface area contributed by atoms with E-state index in [-0.39, 0.29) is 17.5 Å². The Morgan fingerprint density at radius 3 is 2.48 bits per heavy atom. The van der Waals surface area contributed by atoms with E-state index in [0.29, 0.717) is 5.84 Å². The van der Waals surface area contributed by atoms with Crippen LogP contribution in [-0.4, -0.2) is 46.1 Å². The number of benzene rings is 1. The second kappa shape index (κ2) is 5.42. The van der Waals surface area contributed by atoms with Crippen molar-refractivity contribution in [1.29, 1.82) is 0 Å². The third-order valence-corrected chi connectivity index (χ3v) is 3.64. The van der Waals surface area contributed by atoms with E-state index < -0.39 is 0 Å². The highest BCUT2D eigenvalue weighted by atomic mass is 16.2. The first-order chi connectivity index (χ1) is 10.2. The van der Waals surface area contributed by atoms with Gasteiger partial charge < -0.3 is 15.2 Å². The van der Waals surface area contributed by atoms with Gasteiger partial charge in [0, 0.05) is 18.7 Å². The predicted octanol–water partition coefficient (Wildman–Crippen LogP) is 1.45. The summed E-state index contributed by atoms with van der Waals surface area (Å²) in [5, 5.41) is 0. The Labute approximate surface area is 122 Å². The minimum absolute atomic E-state index is 0.0116. The lowest BCUT2D eigenvalue weighted by atomic mass is 10.1. The van der Waals surface area contributed by atoms with Crippen molar-refractivity contribution in [3.8, 4) is 0 Å². The molecular weight excluding hydrogens is 266 g/mol. The molecule has 21 heavy (non-hydrogen) atoms. The Morgan fingerprint density at radius 1 is 1.19 bits per heavy atom. The molecule has 3 rings (SSSR count). The summed E-state index contributed by atoms with van der Waals surface area (Å²) in [6.07, 6.45) is 1.99. The van der Waals surface area contributed by atoms with E-state index in [1.54, 1.807) is 4.90 Å². The van der Waals surface area contributed by atoms with Gasteiger partial charge in [0.05, 0.1) is 0 Å². The van der Waals surface area contributed by atoms with Crippen LogP contribution < -0.4 is 0 Å². The molecule has 0 unspecified atom stereocenters. The van der Waals surface area contributed by atoms with E-state index in [0.717, 1.165) is 37.1 Å². The summed E-state index contributed by atoms with van der Waals surface area (Å²) in [5.74, 6) is 0.180. The molecule has 0 saturated carbocycles. The number of aliphatic imine (C=N–C) groups is 2. The number of nitrogens with zero attached hydrogens (tertiary/aromatic N) is 5. The smallest absolute Gasteiger partial charge is 0.435 e. The van der Waals surface area contributed by atoms with Crippen LogP contribution in [0.4, 0.5) is 0 Å². The van der Waals surface area contributed by atoms with Crippen molar-refractivity contribution in [3.05, 3.63) is 40.9 Å².